The molecule has 5 nitrogen and oxygen atoms in total. The molecule has 2 aliphatic rings. The minimum atomic E-state index is 0.140. The van der Waals surface area contributed by atoms with Crippen molar-refractivity contribution in [1.29, 1.82) is 0 Å². The highest BCUT2D eigenvalue weighted by atomic mass is 16.5. The quantitative estimate of drug-likeness (QED) is 0.611. The number of ether oxygens (including phenoxy) is 1. The van der Waals surface area contributed by atoms with Crippen molar-refractivity contribution in [2.75, 3.05) is 39.4 Å². The van der Waals surface area contributed by atoms with Gasteiger partial charge in [-0.2, -0.15) is 0 Å². The minimum absolute atomic E-state index is 0.140. The first-order valence-corrected chi connectivity index (χ1v) is 11.8. The van der Waals surface area contributed by atoms with Gasteiger partial charge >= 0.3 is 0 Å². The van der Waals surface area contributed by atoms with E-state index >= 15 is 0 Å². The summed E-state index contributed by atoms with van der Waals surface area (Å²) in [5.74, 6) is 0.784. The lowest BCUT2D eigenvalue weighted by molar-refractivity contribution is 0.0342. The van der Waals surface area contributed by atoms with E-state index in [2.05, 4.69) is 34.1 Å². The Kier molecular flexibility index (Phi) is 6.46. The van der Waals surface area contributed by atoms with E-state index in [1.165, 1.54) is 11.1 Å². The van der Waals surface area contributed by atoms with E-state index in [0.717, 1.165) is 81.7 Å². The van der Waals surface area contributed by atoms with Crippen molar-refractivity contribution in [2.24, 2.45) is 5.92 Å². The van der Waals surface area contributed by atoms with Gasteiger partial charge in [0.15, 0.2) is 0 Å². The van der Waals surface area contributed by atoms with Gasteiger partial charge in [-0.3, -0.25) is 14.7 Å². The predicted octanol–water partition coefficient (Wildman–Crippen LogP) is 4.16. The van der Waals surface area contributed by atoms with Crippen LogP contribution >= 0.6 is 0 Å². The molecule has 1 aromatic heterocycles. The van der Waals surface area contributed by atoms with Gasteiger partial charge in [0.05, 0.1) is 18.7 Å². The van der Waals surface area contributed by atoms with Gasteiger partial charge in [-0.1, -0.05) is 30.3 Å². The van der Waals surface area contributed by atoms with Gasteiger partial charge in [-0.15, -0.1) is 0 Å². The third-order valence-corrected chi connectivity index (χ3v) is 6.81. The maximum atomic E-state index is 13.0. The van der Waals surface area contributed by atoms with E-state index in [-0.39, 0.29) is 5.91 Å². The van der Waals surface area contributed by atoms with Gasteiger partial charge in [0.1, 0.15) is 0 Å². The summed E-state index contributed by atoms with van der Waals surface area (Å²) in [5.41, 5.74) is 4.47. The molecule has 2 aromatic carbocycles. The van der Waals surface area contributed by atoms with Crippen LogP contribution in [-0.4, -0.2) is 60.1 Å². The summed E-state index contributed by atoms with van der Waals surface area (Å²) in [7, 11) is 0. The Balaban J connectivity index is 1.13. The Bertz CT molecular complexity index is 1050. The number of piperidine rings is 1. The van der Waals surface area contributed by atoms with E-state index in [0.29, 0.717) is 5.92 Å². The summed E-state index contributed by atoms with van der Waals surface area (Å²) in [6.07, 6.45) is 5.01. The number of benzene rings is 2. The topological polar surface area (TPSA) is 45.7 Å². The number of amides is 1. The summed E-state index contributed by atoms with van der Waals surface area (Å²) in [6, 6.07) is 18.9. The van der Waals surface area contributed by atoms with E-state index in [1.807, 2.05) is 35.2 Å². The van der Waals surface area contributed by atoms with Crippen LogP contribution in [-0.2, 0) is 17.7 Å². The largest absolute Gasteiger partial charge is 0.379 e. The molecule has 0 unspecified atom stereocenters. The molecule has 5 heteroatoms. The molecular weight excluding hydrogens is 398 g/mol. The minimum Gasteiger partial charge on any atom is -0.379 e. The zero-order chi connectivity index (χ0) is 21.8. The molecule has 0 spiro atoms. The van der Waals surface area contributed by atoms with Crippen LogP contribution < -0.4 is 0 Å². The van der Waals surface area contributed by atoms with Gasteiger partial charge in [-0.25, -0.2) is 0 Å². The lowest BCUT2D eigenvalue weighted by atomic mass is 9.89. The molecule has 0 aliphatic carbocycles. The number of carbonyl (C=O) groups is 1. The van der Waals surface area contributed by atoms with Crippen molar-refractivity contribution >= 4 is 16.8 Å². The number of rotatable bonds is 5. The SMILES string of the molecule is O=C(c1ccc2ncccc2c1)N1CCC(Cc2ccc(CN3CCOCC3)cc2)CC1. The number of carbonyl (C=O) groups excluding carboxylic acids is 1. The molecular formula is C27H31N3O2. The van der Waals surface area contributed by atoms with Crippen molar-refractivity contribution in [2.45, 2.75) is 25.8 Å². The normalized spacial score (nSPS) is 18.2. The van der Waals surface area contributed by atoms with Crippen LogP contribution in [0.4, 0.5) is 0 Å². The van der Waals surface area contributed by atoms with Crippen LogP contribution in [0.15, 0.2) is 60.8 Å². The Morgan fingerprint density at radius 1 is 0.938 bits per heavy atom. The highest BCUT2D eigenvalue weighted by Gasteiger charge is 2.24. The highest BCUT2D eigenvalue weighted by Crippen LogP contribution is 2.24. The summed E-state index contributed by atoms with van der Waals surface area (Å²) < 4.78 is 5.44. The Hall–Kier alpha value is -2.76. The lowest BCUT2D eigenvalue weighted by Gasteiger charge is -2.32. The second-order valence-corrected chi connectivity index (χ2v) is 9.06. The van der Waals surface area contributed by atoms with Crippen molar-refractivity contribution in [3.63, 3.8) is 0 Å². The van der Waals surface area contributed by atoms with E-state index in [1.54, 1.807) is 6.20 Å². The molecule has 1 amide bonds. The Labute approximate surface area is 190 Å². The molecule has 2 aliphatic heterocycles. The Morgan fingerprint density at radius 2 is 1.69 bits per heavy atom. The number of nitrogens with zero attached hydrogens (tertiary/aromatic N) is 3. The monoisotopic (exact) mass is 429 g/mol. The van der Waals surface area contributed by atoms with Crippen LogP contribution in [0.3, 0.4) is 0 Å². The summed E-state index contributed by atoms with van der Waals surface area (Å²) >= 11 is 0. The third kappa shape index (κ3) is 5.00. The van der Waals surface area contributed by atoms with E-state index in [4.69, 9.17) is 4.74 Å². The third-order valence-electron chi connectivity index (χ3n) is 6.81. The van der Waals surface area contributed by atoms with Crippen molar-refractivity contribution < 1.29 is 9.53 Å². The van der Waals surface area contributed by atoms with Gasteiger partial charge in [0.25, 0.3) is 5.91 Å². The predicted molar refractivity (Wildman–Crippen MR) is 127 cm³/mol. The second kappa shape index (κ2) is 9.80. The van der Waals surface area contributed by atoms with Crippen LogP contribution in [0.25, 0.3) is 10.9 Å². The number of pyridine rings is 1. The number of hydrogen-bond donors (Lipinski definition) is 0. The van der Waals surface area contributed by atoms with E-state index < -0.39 is 0 Å². The molecule has 2 fully saturated rings. The first-order valence-electron chi connectivity index (χ1n) is 11.8. The fourth-order valence-electron chi connectivity index (χ4n) is 4.86. The molecule has 3 aromatic rings. The van der Waals surface area contributed by atoms with E-state index in [9.17, 15) is 4.79 Å². The average molecular weight is 430 g/mol. The zero-order valence-electron chi connectivity index (χ0n) is 18.6. The molecule has 0 saturated carbocycles. The molecule has 0 N–H and O–H groups in total. The Morgan fingerprint density at radius 3 is 2.47 bits per heavy atom. The number of aromatic nitrogens is 1. The molecule has 166 valence electrons. The van der Waals surface area contributed by atoms with Crippen LogP contribution in [0.5, 0.6) is 0 Å². The van der Waals surface area contributed by atoms with Gasteiger partial charge in [0, 0.05) is 49.9 Å². The fraction of sp³-hybridized carbons (Fsp3) is 0.407. The fourth-order valence-corrected chi connectivity index (χ4v) is 4.86. The zero-order valence-corrected chi connectivity index (χ0v) is 18.6. The number of hydrogen-bond acceptors (Lipinski definition) is 4. The molecule has 0 radical (unpaired) electrons. The summed E-state index contributed by atoms with van der Waals surface area (Å²) in [4.78, 5) is 21.8. The number of fused-ring (bicyclic) bond motifs is 1. The van der Waals surface area contributed by atoms with Crippen molar-refractivity contribution in [1.82, 2.24) is 14.8 Å². The molecule has 3 heterocycles. The summed E-state index contributed by atoms with van der Waals surface area (Å²) in [5, 5.41) is 1.02. The lowest BCUT2D eigenvalue weighted by Crippen LogP contribution is -2.38. The molecule has 0 atom stereocenters. The van der Waals surface area contributed by atoms with Gasteiger partial charge in [0.2, 0.25) is 0 Å². The maximum absolute atomic E-state index is 13.0. The van der Waals surface area contributed by atoms with Crippen LogP contribution in [0.2, 0.25) is 0 Å². The van der Waals surface area contributed by atoms with Crippen LogP contribution in [0.1, 0.15) is 34.3 Å². The average Bonchev–Trinajstić information content (AvgIpc) is 2.86. The first-order chi connectivity index (χ1) is 15.7. The van der Waals surface area contributed by atoms with Crippen molar-refractivity contribution in [3.8, 4) is 0 Å². The standard InChI is InChI=1S/C27H31N3O2/c31-27(25-7-8-26-24(19-25)2-1-11-28-26)30-12-9-22(10-13-30)18-21-3-5-23(6-4-21)20-29-14-16-32-17-15-29/h1-8,11,19,22H,9-10,12-18,20H2. The number of likely N-dealkylation sites (tertiary alicyclic amines) is 1. The maximum Gasteiger partial charge on any atom is 0.253 e. The smallest absolute Gasteiger partial charge is 0.253 e. The molecule has 0 bridgehead atoms. The first kappa shape index (κ1) is 21.1. The molecule has 5 rings (SSSR count). The highest BCUT2D eigenvalue weighted by molar-refractivity contribution is 5.98. The summed E-state index contributed by atoms with van der Waals surface area (Å²) in [6.45, 7) is 6.42. The molecule has 32 heavy (non-hydrogen) atoms. The van der Waals surface area contributed by atoms with Gasteiger partial charge in [-0.05, 0) is 60.6 Å². The van der Waals surface area contributed by atoms with Crippen molar-refractivity contribution in [3.05, 3.63) is 77.5 Å². The van der Waals surface area contributed by atoms with Gasteiger partial charge < -0.3 is 9.64 Å². The van der Waals surface area contributed by atoms with Crippen LogP contribution in [0, 0.1) is 5.92 Å². The molecule has 2 saturated heterocycles. The number of morpholine rings is 1. The second-order valence-electron chi connectivity index (χ2n) is 9.06.